The molecule has 1 aliphatic carbocycles. The topological polar surface area (TPSA) is 37.3 Å². The number of hydrogen-bond donors (Lipinski definition) is 1. The first-order valence-electron chi connectivity index (χ1n) is 9.31. The third-order valence-electron chi connectivity index (χ3n) is 4.81. The van der Waals surface area contributed by atoms with Crippen molar-refractivity contribution in [1.82, 2.24) is 0 Å². The van der Waals surface area contributed by atoms with Crippen LogP contribution in [0.1, 0.15) is 60.2 Å². The first-order valence-corrected chi connectivity index (χ1v) is 9.31. The van der Waals surface area contributed by atoms with Crippen LogP contribution in [0.15, 0.2) is 48.5 Å². The maximum Gasteiger partial charge on any atom is 0.421 e. The minimum absolute atomic E-state index is 0.222. The number of alkyl halides is 3. The lowest BCUT2D eigenvalue weighted by atomic mass is 9.84. The molecule has 0 bridgehead atoms. The summed E-state index contributed by atoms with van der Waals surface area (Å²) in [6.45, 7) is 4.00. The van der Waals surface area contributed by atoms with Gasteiger partial charge in [0.2, 0.25) is 0 Å². The molecule has 0 saturated carbocycles. The molecule has 0 radical (unpaired) electrons. The van der Waals surface area contributed by atoms with Gasteiger partial charge in [-0.2, -0.15) is 13.2 Å². The molecule has 0 heterocycles. The van der Waals surface area contributed by atoms with E-state index in [2.05, 4.69) is 0 Å². The largest absolute Gasteiger partial charge is 0.421 e. The molecular weight excluding hydrogens is 353 g/mol. The molecule has 1 aliphatic rings. The summed E-state index contributed by atoms with van der Waals surface area (Å²) in [6.07, 6.45) is -2.11. The third-order valence-corrected chi connectivity index (χ3v) is 4.81. The van der Waals surface area contributed by atoms with Gasteiger partial charge in [-0.15, -0.1) is 0 Å². The number of carbonyl (C=O) groups excluding carboxylic acids is 1. The first-order chi connectivity index (χ1) is 12.8. The molecule has 0 aromatic heterocycles. The number of carbonyl (C=O) groups is 1. The van der Waals surface area contributed by atoms with Gasteiger partial charge in [0.15, 0.2) is 11.4 Å². The summed E-state index contributed by atoms with van der Waals surface area (Å²) < 4.78 is 40.6. The number of Topliss-reactive ketones (excluding diaryl/α,β-unsaturated/α-hetero) is 1. The lowest BCUT2D eigenvalue weighted by Gasteiger charge is -2.30. The van der Waals surface area contributed by atoms with Crippen molar-refractivity contribution in [3.8, 4) is 0 Å². The summed E-state index contributed by atoms with van der Waals surface area (Å²) >= 11 is 0. The van der Waals surface area contributed by atoms with E-state index in [1.807, 2.05) is 19.9 Å². The zero-order valence-electron chi connectivity index (χ0n) is 15.6. The van der Waals surface area contributed by atoms with E-state index in [0.29, 0.717) is 0 Å². The Kier molecular flexibility index (Phi) is 6.82. The highest BCUT2D eigenvalue weighted by atomic mass is 19.4. The Morgan fingerprint density at radius 1 is 0.963 bits per heavy atom. The maximum absolute atomic E-state index is 13.5. The van der Waals surface area contributed by atoms with Gasteiger partial charge in [-0.25, -0.2) is 0 Å². The van der Waals surface area contributed by atoms with Gasteiger partial charge in [0.25, 0.3) is 0 Å². The van der Waals surface area contributed by atoms with Gasteiger partial charge < -0.3 is 5.11 Å². The average Bonchev–Trinajstić information content (AvgIpc) is 2.69. The second-order valence-electron chi connectivity index (χ2n) is 6.51. The van der Waals surface area contributed by atoms with Gasteiger partial charge in [-0.1, -0.05) is 56.3 Å². The Morgan fingerprint density at radius 2 is 1.56 bits per heavy atom. The molecule has 2 aromatic rings. The van der Waals surface area contributed by atoms with Gasteiger partial charge in [-0.3, -0.25) is 4.79 Å². The zero-order valence-corrected chi connectivity index (χ0v) is 15.6. The van der Waals surface area contributed by atoms with Crippen LogP contribution in [-0.4, -0.2) is 17.1 Å². The Bertz CT molecular complexity index is 769. The van der Waals surface area contributed by atoms with Crippen LogP contribution >= 0.6 is 0 Å². The summed E-state index contributed by atoms with van der Waals surface area (Å²) in [6, 6.07) is 11.8. The lowest BCUT2D eigenvalue weighted by Crippen LogP contribution is -2.44. The lowest BCUT2D eigenvalue weighted by molar-refractivity contribution is -0.264. The molecule has 27 heavy (non-hydrogen) atoms. The molecule has 0 fully saturated rings. The number of fused-ring (bicyclic) bond motifs is 1. The van der Waals surface area contributed by atoms with Crippen LogP contribution in [0.4, 0.5) is 13.2 Å². The number of benzene rings is 2. The van der Waals surface area contributed by atoms with Crippen LogP contribution in [-0.2, 0) is 18.4 Å². The smallest absolute Gasteiger partial charge is 0.376 e. The van der Waals surface area contributed by atoms with E-state index >= 15 is 0 Å². The fourth-order valence-electron chi connectivity index (χ4n) is 3.32. The number of aliphatic hydroxyl groups is 1. The van der Waals surface area contributed by atoms with Crippen molar-refractivity contribution in [3.63, 3.8) is 0 Å². The number of ketones is 1. The summed E-state index contributed by atoms with van der Waals surface area (Å²) in [5.41, 5.74) is -1.13. The van der Waals surface area contributed by atoms with Crippen LogP contribution in [0, 0.1) is 0 Å². The summed E-state index contributed by atoms with van der Waals surface area (Å²) in [5, 5.41) is 10.3. The number of aryl methyl sites for hydroxylation is 2. The van der Waals surface area contributed by atoms with E-state index < -0.39 is 24.0 Å². The van der Waals surface area contributed by atoms with Crippen molar-refractivity contribution < 1.29 is 23.1 Å². The molecule has 1 unspecified atom stereocenters. The first kappa shape index (κ1) is 21.2. The molecular formula is C22H25F3O2. The number of rotatable bonds is 4. The molecule has 0 saturated heterocycles. The molecule has 5 heteroatoms. The molecule has 2 nitrogen and oxygen atoms in total. The van der Waals surface area contributed by atoms with Crippen LogP contribution in [0.3, 0.4) is 0 Å². The Morgan fingerprint density at radius 3 is 2.15 bits per heavy atom. The van der Waals surface area contributed by atoms with E-state index in [-0.39, 0.29) is 11.1 Å². The monoisotopic (exact) mass is 378 g/mol. The van der Waals surface area contributed by atoms with Crippen molar-refractivity contribution >= 4 is 5.78 Å². The van der Waals surface area contributed by atoms with Gasteiger partial charge >= 0.3 is 6.18 Å². The summed E-state index contributed by atoms with van der Waals surface area (Å²) in [4.78, 5) is 12.5. The Hall–Kier alpha value is -2.14. The van der Waals surface area contributed by atoms with E-state index in [0.717, 1.165) is 36.8 Å². The molecule has 0 spiro atoms. The second-order valence-corrected chi connectivity index (χ2v) is 6.51. The minimum atomic E-state index is -4.95. The van der Waals surface area contributed by atoms with Crippen molar-refractivity contribution in [1.29, 1.82) is 0 Å². The molecule has 0 aliphatic heterocycles. The fraction of sp³-hybridized carbons (Fsp3) is 0.409. The van der Waals surface area contributed by atoms with Crippen molar-refractivity contribution in [2.45, 2.75) is 57.7 Å². The van der Waals surface area contributed by atoms with Crippen molar-refractivity contribution in [2.24, 2.45) is 0 Å². The standard InChI is InChI=1S/C20H19F3O2.C2H6/c21-20(22,23)19(25,17-8-2-1-3-9-17)13-18(24)16-11-10-14-6-4-5-7-15(14)12-16;1-2/h1-3,8-12,25H,4-7,13H2;1-2H3. The zero-order chi connectivity index (χ0) is 20.1. The molecule has 1 N–H and O–H groups in total. The van der Waals surface area contributed by atoms with E-state index in [1.54, 1.807) is 18.2 Å². The minimum Gasteiger partial charge on any atom is -0.376 e. The van der Waals surface area contributed by atoms with E-state index in [9.17, 15) is 23.1 Å². The highest BCUT2D eigenvalue weighted by Crippen LogP contribution is 2.42. The molecule has 1 atom stereocenters. The normalized spacial score (nSPS) is 15.8. The van der Waals surface area contributed by atoms with Crippen LogP contribution < -0.4 is 0 Å². The maximum atomic E-state index is 13.5. The molecule has 3 rings (SSSR count). The number of hydrogen-bond acceptors (Lipinski definition) is 2. The quantitative estimate of drug-likeness (QED) is 0.702. The van der Waals surface area contributed by atoms with Gasteiger partial charge in [0.05, 0.1) is 6.42 Å². The average molecular weight is 378 g/mol. The number of halogens is 3. The predicted molar refractivity (Wildman–Crippen MR) is 99.8 cm³/mol. The van der Waals surface area contributed by atoms with Crippen molar-refractivity contribution in [2.75, 3.05) is 0 Å². The SMILES string of the molecule is CC.O=C(CC(O)(c1ccccc1)C(F)(F)F)c1ccc2c(c1)CCCC2. The van der Waals surface area contributed by atoms with Gasteiger partial charge in [0.1, 0.15) is 0 Å². The summed E-state index contributed by atoms with van der Waals surface area (Å²) in [7, 11) is 0. The second kappa shape index (κ2) is 8.70. The van der Waals surface area contributed by atoms with Crippen LogP contribution in [0.2, 0.25) is 0 Å². The molecule has 2 aromatic carbocycles. The molecule has 146 valence electrons. The third kappa shape index (κ3) is 4.59. The van der Waals surface area contributed by atoms with Gasteiger partial charge in [0, 0.05) is 5.56 Å². The fourth-order valence-corrected chi connectivity index (χ4v) is 3.32. The Balaban J connectivity index is 0.00000126. The van der Waals surface area contributed by atoms with E-state index in [4.69, 9.17) is 0 Å². The van der Waals surface area contributed by atoms with Crippen LogP contribution in [0.5, 0.6) is 0 Å². The van der Waals surface area contributed by atoms with Crippen molar-refractivity contribution in [3.05, 3.63) is 70.8 Å². The van der Waals surface area contributed by atoms with Crippen LogP contribution in [0.25, 0.3) is 0 Å². The highest BCUT2D eigenvalue weighted by Gasteiger charge is 2.55. The van der Waals surface area contributed by atoms with E-state index in [1.165, 1.54) is 24.3 Å². The highest BCUT2D eigenvalue weighted by molar-refractivity contribution is 5.97. The summed E-state index contributed by atoms with van der Waals surface area (Å²) in [5.74, 6) is -0.711. The predicted octanol–water partition coefficient (Wildman–Crippen LogP) is 5.61. The molecule has 0 amide bonds. The van der Waals surface area contributed by atoms with Gasteiger partial charge in [-0.05, 0) is 48.4 Å². The Labute approximate surface area is 158 Å².